The molecule has 0 unspecified atom stereocenters. The summed E-state index contributed by atoms with van der Waals surface area (Å²) in [5.74, 6) is 6.32. The fourth-order valence-electron chi connectivity index (χ4n) is 2.80. The number of benzene rings is 2. The maximum atomic E-state index is 11.3. The molecule has 1 aliphatic heterocycles. The Balaban J connectivity index is 1.87. The first-order valence-corrected chi connectivity index (χ1v) is 8.04. The van der Waals surface area contributed by atoms with Crippen LogP contribution in [0.5, 0.6) is 0 Å². The summed E-state index contributed by atoms with van der Waals surface area (Å²) in [7, 11) is 0. The van der Waals surface area contributed by atoms with Crippen molar-refractivity contribution in [2.45, 2.75) is 5.60 Å². The fourth-order valence-corrected chi connectivity index (χ4v) is 2.80. The Morgan fingerprint density at radius 1 is 0.913 bits per heavy atom. The monoisotopic (exact) mass is 308 g/mol. The molecule has 2 N–H and O–H groups in total. The predicted octanol–water partition coefficient (Wildman–Crippen LogP) is 0.841. The highest BCUT2D eigenvalue weighted by Gasteiger charge is 2.29. The van der Waals surface area contributed by atoms with Crippen LogP contribution in [0.2, 0.25) is 0 Å². The number of quaternary nitrogens is 1. The molecule has 0 atom stereocenters. The standard InChI is InChI=1S/C20H21NO2/c22-20(18-8-3-1-4-9-18,19-10-5-2-6-11-19)12-7-13-21-14-16-23-17-15-21/h1-6,8-11,22H,13-17H2/p+1. The average molecular weight is 308 g/mol. The molecule has 1 fully saturated rings. The molecule has 2 aromatic carbocycles. The highest BCUT2D eigenvalue weighted by Crippen LogP contribution is 2.28. The number of ether oxygens (including phenoxy) is 1. The van der Waals surface area contributed by atoms with Gasteiger partial charge in [-0.25, -0.2) is 0 Å². The van der Waals surface area contributed by atoms with Crippen molar-refractivity contribution in [1.29, 1.82) is 0 Å². The summed E-state index contributed by atoms with van der Waals surface area (Å²) in [6, 6.07) is 19.3. The number of aliphatic hydroxyl groups is 1. The van der Waals surface area contributed by atoms with Gasteiger partial charge in [0.1, 0.15) is 19.6 Å². The van der Waals surface area contributed by atoms with Gasteiger partial charge in [0, 0.05) is 11.1 Å². The lowest BCUT2D eigenvalue weighted by molar-refractivity contribution is -0.900. The van der Waals surface area contributed by atoms with Crippen LogP contribution in [0, 0.1) is 11.8 Å². The van der Waals surface area contributed by atoms with Crippen LogP contribution in [0.1, 0.15) is 11.1 Å². The van der Waals surface area contributed by atoms with Crippen LogP contribution in [0.25, 0.3) is 0 Å². The van der Waals surface area contributed by atoms with Crippen molar-refractivity contribution in [3.05, 3.63) is 71.8 Å². The van der Waals surface area contributed by atoms with Crippen molar-refractivity contribution < 1.29 is 14.7 Å². The molecule has 3 nitrogen and oxygen atoms in total. The SMILES string of the molecule is OC(C#CC[NH+]1CCOCC1)(c1ccccc1)c1ccccc1. The molecule has 23 heavy (non-hydrogen) atoms. The van der Waals surface area contributed by atoms with Crippen molar-refractivity contribution in [2.24, 2.45) is 0 Å². The van der Waals surface area contributed by atoms with Crippen molar-refractivity contribution in [3.8, 4) is 11.8 Å². The Morgan fingerprint density at radius 3 is 1.96 bits per heavy atom. The quantitative estimate of drug-likeness (QED) is 0.824. The molecule has 0 bridgehead atoms. The molecule has 1 heterocycles. The number of rotatable bonds is 3. The Hall–Kier alpha value is -2.12. The maximum Gasteiger partial charge on any atom is 0.177 e. The number of nitrogens with one attached hydrogen (secondary N) is 1. The van der Waals surface area contributed by atoms with Gasteiger partial charge < -0.3 is 14.7 Å². The molecule has 0 spiro atoms. The Kier molecular flexibility index (Phi) is 5.09. The van der Waals surface area contributed by atoms with Crippen molar-refractivity contribution in [3.63, 3.8) is 0 Å². The van der Waals surface area contributed by atoms with E-state index in [0.29, 0.717) is 0 Å². The van der Waals surface area contributed by atoms with Gasteiger partial charge in [0.15, 0.2) is 5.60 Å². The first-order chi connectivity index (χ1) is 11.3. The molecule has 1 saturated heterocycles. The second kappa shape index (κ2) is 7.43. The molecule has 0 radical (unpaired) electrons. The van der Waals surface area contributed by atoms with Gasteiger partial charge in [0.2, 0.25) is 0 Å². The van der Waals surface area contributed by atoms with Gasteiger partial charge in [0.05, 0.1) is 13.2 Å². The maximum absolute atomic E-state index is 11.3. The van der Waals surface area contributed by atoms with E-state index in [-0.39, 0.29) is 0 Å². The minimum Gasteiger partial charge on any atom is -0.370 e. The molecule has 0 amide bonds. The fraction of sp³-hybridized carbons (Fsp3) is 0.300. The zero-order valence-electron chi connectivity index (χ0n) is 13.2. The lowest BCUT2D eigenvalue weighted by Crippen LogP contribution is -3.14. The third kappa shape index (κ3) is 3.80. The summed E-state index contributed by atoms with van der Waals surface area (Å²) in [6.45, 7) is 4.26. The van der Waals surface area contributed by atoms with E-state index in [1.807, 2.05) is 60.7 Å². The highest BCUT2D eigenvalue weighted by molar-refractivity contribution is 5.44. The van der Waals surface area contributed by atoms with Crippen LogP contribution < -0.4 is 4.90 Å². The van der Waals surface area contributed by atoms with Crippen molar-refractivity contribution >= 4 is 0 Å². The molecule has 0 saturated carbocycles. The molecule has 118 valence electrons. The largest absolute Gasteiger partial charge is 0.370 e. The molecule has 0 aliphatic carbocycles. The molecule has 3 heteroatoms. The first kappa shape index (κ1) is 15.8. The van der Waals surface area contributed by atoms with Gasteiger partial charge in [-0.05, 0) is 5.92 Å². The Morgan fingerprint density at radius 2 is 1.43 bits per heavy atom. The van der Waals surface area contributed by atoms with Crippen molar-refractivity contribution in [2.75, 3.05) is 32.8 Å². The van der Waals surface area contributed by atoms with Gasteiger partial charge in [-0.1, -0.05) is 66.6 Å². The third-order valence-corrected chi connectivity index (χ3v) is 4.19. The van der Waals surface area contributed by atoms with E-state index in [1.54, 1.807) is 0 Å². The van der Waals surface area contributed by atoms with Gasteiger partial charge in [-0.3, -0.25) is 0 Å². The van der Waals surface area contributed by atoms with E-state index in [0.717, 1.165) is 44.0 Å². The van der Waals surface area contributed by atoms with Gasteiger partial charge in [-0.15, -0.1) is 0 Å². The third-order valence-electron chi connectivity index (χ3n) is 4.19. The molecular formula is C20H22NO2+. The lowest BCUT2D eigenvalue weighted by atomic mass is 9.87. The highest BCUT2D eigenvalue weighted by atomic mass is 16.5. The number of hydrogen-bond donors (Lipinski definition) is 2. The topological polar surface area (TPSA) is 33.9 Å². The second-order valence-electron chi connectivity index (χ2n) is 5.78. The lowest BCUT2D eigenvalue weighted by Gasteiger charge is -2.24. The van der Waals surface area contributed by atoms with E-state index in [9.17, 15) is 5.11 Å². The Labute approximate surface area is 137 Å². The number of morpholine rings is 1. The minimum absolute atomic E-state index is 0.728. The summed E-state index contributed by atoms with van der Waals surface area (Å²) in [5, 5.41) is 11.3. The normalized spacial score (nSPS) is 15.7. The van der Waals surface area contributed by atoms with E-state index in [2.05, 4.69) is 11.8 Å². The molecule has 0 aromatic heterocycles. The van der Waals surface area contributed by atoms with Crippen LogP contribution in [0.15, 0.2) is 60.7 Å². The molecular weight excluding hydrogens is 286 g/mol. The summed E-state index contributed by atoms with van der Waals surface area (Å²) in [4.78, 5) is 1.41. The van der Waals surface area contributed by atoms with E-state index in [4.69, 9.17) is 4.74 Å². The molecule has 2 aromatic rings. The van der Waals surface area contributed by atoms with Crippen LogP contribution in [0.3, 0.4) is 0 Å². The molecule has 3 rings (SSSR count). The van der Waals surface area contributed by atoms with Crippen molar-refractivity contribution in [1.82, 2.24) is 0 Å². The van der Waals surface area contributed by atoms with E-state index >= 15 is 0 Å². The van der Waals surface area contributed by atoms with Crippen LogP contribution in [-0.2, 0) is 10.3 Å². The van der Waals surface area contributed by atoms with Gasteiger partial charge >= 0.3 is 0 Å². The predicted molar refractivity (Wildman–Crippen MR) is 90.0 cm³/mol. The molecule has 1 aliphatic rings. The summed E-state index contributed by atoms with van der Waals surface area (Å²) in [6.07, 6.45) is 0. The minimum atomic E-state index is -1.27. The van der Waals surface area contributed by atoms with Gasteiger partial charge in [0.25, 0.3) is 0 Å². The smallest absolute Gasteiger partial charge is 0.177 e. The zero-order valence-corrected chi connectivity index (χ0v) is 13.2. The summed E-state index contributed by atoms with van der Waals surface area (Å²) >= 11 is 0. The zero-order chi connectivity index (χ0) is 16.0. The summed E-state index contributed by atoms with van der Waals surface area (Å²) in [5.41, 5.74) is 0.334. The average Bonchev–Trinajstić information content (AvgIpc) is 2.64. The Bertz CT molecular complexity index is 628. The van der Waals surface area contributed by atoms with Crippen LogP contribution in [0.4, 0.5) is 0 Å². The summed E-state index contributed by atoms with van der Waals surface area (Å²) < 4.78 is 5.37. The van der Waals surface area contributed by atoms with Crippen LogP contribution >= 0.6 is 0 Å². The second-order valence-corrected chi connectivity index (χ2v) is 5.78. The van der Waals surface area contributed by atoms with Crippen LogP contribution in [-0.4, -0.2) is 38.0 Å². The van der Waals surface area contributed by atoms with E-state index in [1.165, 1.54) is 4.90 Å². The first-order valence-electron chi connectivity index (χ1n) is 8.04. The number of hydrogen-bond acceptors (Lipinski definition) is 2. The van der Waals surface area contributed by atoms with E-state index < -0.39 is 5.60 Å². The van der Waals surface area contributed by atoms with Gasteiger partial charge in [-0.2, -0.15) is 0 Å².